The van der Waals surface area contributed by atoms with Gasteiger partial charge in [0.1, 0.15) is 10.3 Å². The summed E-state index contributed by atoms with van der Waals surface area (Å²) in [5.41, 5.74) is 6.37. The van der Waals surface area contributed by atoms with Crippen LogP contribution in [0.3, 0.4) is 0 Å². The molecule has 0 aliphatic rings. The Morgan fingerprint density at radius 1 is 1.37 bits per heavy atom. The van der Waals surface area contributed by atoms with Crippen LogP contribution in [0.5, 0.6) is 0 Å². The normalized spacial score (nSPS) is 10.9. The SMILES string of the molecule is N#Cc1cc(Br)ccc1NS(=O)(=O)c1cc(N)cs1. The van der Waals surface area contributed by atoms with Gasteiger partial charge in [0.15, 0.2) is 0 Å². The smallest absolute Gasteiger partial charge is 0.271 e. The van der Waals surface area contributed by atoms with Crippen molar-refractivity contribution in [1.29, 1.82) is 5.26 Å². The lowest BCUT2D eigenvalue weighted by Crippen LogP contribution is -2.12. The Labute approximate surface area is 122 Å². The van der Waals surface area contributed by atoms with Gasteiger partial charge in [-0.1, -0.05) is 15.9 Å². The Hall–Kier alpha value is -1.56. The van der Waals surface area contributed by atoms with Crippen LogP contribution in [0.1, 0.15) is 5.56 Å². The van der Waals surface area contributed by atoms with Gasteiger partial charge in [0.2, 0.25) is 0 Å². The predicted molar refractivity (Wildman–Crippen MR) is 78.4 cm³/mol. The molecular weight excluding hydrogens is 350 g/mol. The number of nitrogen functional groups attached to an aromatic ring is 1. The van der Waals surface area contributed by atoms with Gasteiger partial charge in [-0.15, -0.1) is 11.3 Å². The number of rotatable bonds is 3. The molecule has 8 heteroatoms. The highest BCUT2D eigenvalue weighted by Gasteiger charge is 2.18. The van der Waals surface area contributed by atoms with Crippen LogP contribution >= 0.6 is 27.3 Å². The number of nitrogens with one attached hydrogen (secondary N) is 1. The molecule has 0 aliphatic heterocycles. The monoisotopic (exact) mass is 357 g/mol. The summed E-state index contributed by atoms with van der Waals surface area (Å²) >= 11 is 4.25. The lowest BCUT2D eigenvalue weighted by Gasteiger charge is -2.08. The highest BCUT2D eigenvalue weighted by molar-refractivity contribution is 9.10. The first kappa shape index (κ1) is 13.9. The maximum absolute atomic E-state index is 12.1. The molecule has 0 fully saturated rings. The number of nitriles is 1. The molecule has 5 nitrogen and oxygen atoms in total. The zero-order chi connectivity index (χ0) is 14.0. The highest BCUT2D eigenvalue weighted by atomic mass is 79.9. The molecule has 0 unspecified atom stereocenters. The molecule has 1 heterocycles. The quantitative estimate of drug-likeness (QED) is 0.882. The van der Waals surface area contributed by atoms with E-state index in [1.807, 2.05) is 6.07 Å². The molecule has 0 radical (unpaired) electrons. The predicted octanol–water partition coefficient (Wildman–Crippen LogP) is 2.77. The molecule has 0 amide bonds. The van der Waals surface area contributed by atoms with Crippen molar-refractivity contribution in [3.05, 3.63) is 39.7 Å². The van der Waals surface area contributed by atoms with Crippen molar-refractivity contribution in [2.24, 2.45) is 0 Å². The first-order valence-electron chi connectivity index (χ1n) is 4.99. The molecule has 0 spiro atoms. The minimum atomic E-state index is -3.72. The summed E-state index contributed by atoms with van der Waals surface area (Å²) in [6, 6.07) is 8.03. The van der Waals surface area contributed by atoms with Gasteiger partial charge in [-0.05, 0) is 24.3 Å². The van der Waals surface area contributed by atoms with E-state index in [-0.39, 0.29) is 15.5 Å². The van der Waals surface area contributed by atoms with Crippen molar-refractivity contribution in [3.8, 4) is 6.07 Å². The lowest BCUT2D eigenvalue weighted by atomic mass is 10.2. The molecular formula is C11H8BrN3O2S2. The van der Waals surface area contributed by atoms with Crippen molar-refractivity contribution in [2.45, 2.75) is 4.21 Å². The third-order valence-electron chi connectivity index (χ3n) is 2.21. The molecule has 0 aliphatic carbocycles. The van der Waals surface area contributed by atoms with Crippen molar-refractivity contribution >= 4 is 48.7 Å². The molecule has 0 saturated carbocycles. The van der Waals surface area contributed by atoms with E-state index in [0.29, 0.717) is 10.2 Å². The average Bonchev–Trinajstić information content (AvgIpc) is 2.79. The van der Waals surface area contributed by atoms with Crippen LogP contribution in [0, 0.1) is 11.3 Å². The molecule has 2 aromatic rings. The third-order valence-corrected chi connectivity index (χ3v) is 5.52. The van der Waals surface area contributed by atoms with Crippen LogP contribution in [0.4, 0.5) is 11.4 Å². The number of nitrogens with zero attached hydrogens (tertiary/aromatic N) is 1. The van der Waals surface area contributed by atoms with E-state index in [4.69, 9.17) is 11.0 Å². The van der Waals surface area contributed by atoms with Crippen LogP contribution in [-0.4, -0.2) is 8.42 Å². The second-order valence-electron chi connectivity index (χ2n) is 3.61. The number of sulfonamides is 1. The van der Waals surface area contributed by atoms with Crippen LogP contribution in [0.15, 0.2) is 38.3 Å². The fraction of sp³-hybridized carbons (Fsp3) is 0. The summed E-state index contributed by atoms with van der Waals surface area (Å²) in [5.74, 6) is 0. The van der Waals surface area contributed by atoms with Gasteiger partial charge < -0.3 is 5.73 Å². The Bertz CT molecular complexity index is 762. The maximum Gasteiger partial charge on any atom is 0.271 e. The van der Waals surface area contributed by atoms with E-state index in [1.54, 1.807) is 17.5 Å². The summed E-state index contributed by atoms with van der Waals surface area (Å²) in [6.45, 7) is 0. The summed E-state index contributed by atoms with van der Waals surface area (Å²) < 4.78 is 27.4. The van der Waals surface area contributed by atoms with E-state index in [1.165, 1.54) is 12.1 Å². The number of benzene rings is 1. The first-order valence-corrected chi connectivity index (χ1v) is 8.14. The minimum Gasteiger partial charge on any atom is -0.398 e. The van der Waals surface area contributed by atoms with Gasteiger partial charge >= 0.3 is 0 Å². The van der Waals surface area contributed by atoms with Gasteiger partial charge in [0.25, 0.3) is 10.0 Å². The number of halogens is 1. The standard InChI is InChI=1S/C11H8BrN3O2S2/c12-8-1-2-10(7(3-8)5-13)15-19(16,17)11-4-9(14)6-18-11/h1-4,6,15H,14H2. The Morgan fingerprint density at radius 3 is 2.68 bits per heavy atom. The second-order valence-corrected chi connectivity index (χ2v) is 7.34. The third kappa shape index (κ3) is 3.07. The summed E-state index contributed by atoms with van der Waals surface area (Å²) in [6.07, 6.45) is 0. The van der Waals surface area contributed by atoms with E-state index < -0.39 is 10.0 Å². The largest absolute Gasteiger partial charge is 0.398 e. The molecule has 1 aromatic carbocycles. The fourth-order valence-corrected chi connectivity index (χ4v) is 3.89. The summed E-state index contributed by atoms with van der Waals surface area (Å²) in [5, 5.41) is 10.5. The van der Waals surface area contributed by atoms with Crippen LogP contribution in [0.25, 0.3) is 0 Å². The molecule has 0 atom stereocenters. The van der Waals surface area contributed by atoms with Gasteiger partial charge in [0.05, 0.1) is 11.3 Å². The molecule has 3 N–H and O–H groups in total. The van der Waals surface area contributed by atoms with Crippen molar-refractivity contribution < 1.29 is 8.42 Å². The molecule has 1 aromatic heterocycles. The van der Waals surface area contributed by atoms with Gasteiger partial charge in [-0.3, -0.25) is 4.72 Å². The van der Waals surface area contributed by atoms with E-state index >= 15 is 0 Å². The van der Waals surface area contributed by atoms with E-state index in [9.17, 15) is 8.42 Å². The molecule has 98 valence electrons. The van der Waals surface area contributed by atoms with Gasteiger partial charge in [0, 0.05) is 15.5 Å². The Morgan fingerprint density at radius 2 is 2.11 bits per heavy atom. The Kier molecular flexibility index (Phi) is 3.80. The maximum atomic E-state index is 12.1. The van der Waals surface area contributed by atoms with Gasteiger partial charge in [-0.25, -0.2) is 8.42 Å². The average molecular weight is 358 g/mol. The number of anilines is 2. The van der Waals surface area contributed by atoms with E-state index in [2.05, 4.69) is 20.7 Å². The fourth-order valence-electron chi connectivity index (χ4n) is 1.36. The zero-order valence-corrected chi connectivity index (χ0v) is 12.6. The second kappa shape index (κ2) is 5.21. The molecule has 19 heavy (non-hydrogen) atoms. The van der Waals surface area contributed by atoms with E-state index in [0.717, 1.165) is 11.3 Å². The summed E-state index contributed by atoms with van der Waals surface area (Å²) in [4.78, 5) is 0. The van der Waals surface area contributed by atoms with Crippen molar-refractivity contribution in [3.63, 3.8) is 0 Å². The number of hydrogen-bond donors (Lipinski definition) is 2. The number of thiophene rings is 1. The minimum absolute atomic E-state index is 0.108. The number of hydrogen-bond acceptors (Lipinski definition) is 5. The van der Waals surface area contributed by atoms with Gasteiger partial charge in [-0.2, -0.15) is 5.26 Å². The zero-order valence-electron chi connectivity index (χ0n) is 9.42. The van der Waals surface area contributed by atoms with Crippen molar-refractivity contribution in [1.82, 2.24) is 0 Å². The summed E-state index contributed by atoms with van der Waals surface area (Å²) in [7, 11) is -3.72. The molecule has 2 rings (SSSR count). The first-order chi connectivity index (χ1) is 8.92. The Balaban J connectivity index is 2.39. The van der Waals surface area contributed by atoms with Crippen LogP contribution in [0.2, 0.25) is 0 Å². The molecule has 0 bridgehead atoms. The van der Waals surface area contributed by atoms with Crippen LogP contribution < -0.4 is 10.5 Å². The number of nitrogens with two attached hydrogens (primary N) is 1. The lowest BCUT2D eigenvalue weighted by molar-refractivity contribution is 0.603. The molecule has 0 saturated heterocycles. The topological polar surface area (TPSA) is 96.0 Å². The highest BCUT2D eigenvalue weighted by Crippen LogP contribution is 2.26. The van der Waals surface area contributed by atoms with Crippen molar-refractivity contribution in [2.75, 3.05) is 10.5 Å². The van der Waals surface area contributed by atoms with Crippen LogP contribution in [-0.2, 0) is 10.0 Å².